The molecule has 2 unspecified atom stereocenters. The normalized spacial score (nSPS) is 17.6. The molecular formula is C29H31FN2O4. The highest BCUT2D eigenvalue weighted by atomic mass is 19.1. The number of methoxy groups -OCH3 is 2. The summed E-state index contributed by atoms with van der Waals surface area (Å²) in [6.45, 7) is 2.36. The minimum atomic E-state index is -0.525. The lowest BCUT2D eigenvalue weighted by molar-refractivity contribution is -0.129. The second-order valence-electron chi connectivity index (χ2n) is 8.97. The van der Waals surface area contributed by atoms with Gasteiger partial charge in [0.15, 0.2) is 11.5 Å². The molecule has 3 aromatic carbocycles. The topological polar surface area (TPSA) is 67.9 Å². The van der Waals surface area contributed by atoms with Crippen molar-refractivity contribution in [3.63, 3.8) is 0 Å². The van der Waals surface area contributed by atoms with E-state index in [2.05, 4.69) is 5.32 Å². The van der Waals surface area contributed by atoms with Gasteiger partial charge in [-0.3, -0.25) is 9.59 Å². The second kappa shape index (κ2) is 11.2. The van der Waals surface area contributed by atoms with E-state index in [9.17, 15) is 14.0 Å². The number of nitrogens with one attached hydrogen (secondary N) is 1. The van der Waals surface area contributed by atoms with E-state index in [1.54, 1.807) is 31.3 Å². The maximum Gasteiger partial charge on any atom is 0.227 e. The molecule has 4 rings (SSSR count). The molecule has 0 radical (unpaired) electrons. The SMILES string of the molecule is COc1ccc(C2C(C(=O)NCCc3cccc(F)c3)CCC(=O)N2c2ccc(C)cc2)cc1OC. The average Bonchev–Trinajstić information content (AvgIpc) is 2.88. The number of ether oxygens (including phenoxy) is 2. The number of hydrogen-bond acceptors (Lipinski definition) is 4. The maximum atomic E-state index is 13.5. The number of amides is 2. The molecule has 36 heavy (non-hydrogen) atoms. The molecule has 0 bridgehead atoms. The largest absolute Gasteiger partial charge is 0.493 e. The van der Waals surface area contributed by atoms with Crippen LogP contribution in [0.2, 0.25) is 0 Å². The zero-order chi connectivity index (χ0) is 25.7. The van der Waals surface area contributed by atoms with Crippen molar-refractivity contribution in [3.8, 4) is 11.5 Å². The van der Waals surface area contributed by atoms with Gasteiger partial charge in [0.1, 0.15) is 5.82 Å². The van der Waals surface area contributed by atoms with Crippen molar-refractivity contribution in [1.82, 2.24) is 5.32 Å². The van der Waals surface area contributed by atoms with Crippen molar-refractivity contribution in [1.29, 1.82) is 0 Å². The molecule has 2 amide bonds. The average molecular weight is 491 g/mol. The zero-order valence-electron chi connectivity index (χ0n) is 20.8. The fraction of sp³-hybridized carbons (Fsp3) is 0.310. The molecule has 0 spiro atoms. The molecule has 1 heterocycles. The number of hydrogen-bond donors (Lipinski definition) is 1. The number of halogens is 1. The molecule has 7 heteroatoms. The Morgan fingerprint density at radius 3 is 2.47 bits per heavy atom. The van der Waals surface area contributed by atoms with Gasteiger partial charge in [0.2, 0.25) is 11.8 Å². The number of carbonyl (C=O) groups is 2. The molecule has 6 nitrogen and oxygen atoms in total. The summed E-state index contributed by atoms with van der Waals surface area (Å²) in [5, 5.41) is 3.01. The molecule has 0 aliphatic carbocycles. The van der Waals surface area contributed by atoms with Gasteiger partial charge in [-0.15, -0.1) is 0 Å². The van der Waals surface area contributed by atoms with Gasteiger partial charge in [0.25, 0.3) is 0 Å². The van der Waals surface area contributed by atoms with Crippen LogP contribution in [0.5, 0.6) is 11.5 Å². The molecule has 1 aliphatic heterocycles. The Morgan fingerprint density at radius 2 is 1.78 bits per heavy atom. The standard InChI is InChI=1S/C29H31FN2O4/c1-19-7-10-23(11-8-19)32-27(33)14-12-24(28(32)21-9-13-25(35-2)26(18-21)36-3)29(34)31-16-15-20-5-4-6-22(30)17-20/h4-11,13,17-18,24,28H,12,14-16H2,1-3H3,(H,31,34). The van der Waals surface area contributed by atoms with Crippen molar-refractivity contribution in [2.45, 2.75) is 32.2 Å². The van der Waals surface area contributed by atoms with E-state index in [0.717, 1.165) is 22.4 Å². The first-order valence-electron chi connectivity index (χ1n) is 12.0. The maximum absolute atomic E-state index is 13.5. The Kier molecular flexibility index (Phi) is 7.88. The zero-order valence-corrected chi connectivity index (χ0v) is 20.8. The summed E-state index contributed by atoms with van der Waals surface area (Å²) < 4.78 is 24.4. The van der Waals surface area contributed by atoms with Crippen LogP contribution in [0.1, 0.15) is 35.6 Å². The molecule has 2 atom stereocenters. The minimum Gasteiger partial charge on any atom is -0.493 e. The highest BCUT2D eigenvalue weighted by Gasteiger charge is 2.41. The van der Waals surface area contributed by atoms with Gasteiger partial charge >= 0.3 is 0 Å². The second-order valence-corrected chi connectivity index (χ2v) is 8.97. The van der Waals surface area contributed by atoms with Crippen LogP contribution >= 0.6 is 0 Å². The first kappa shape index (κ1) is 25.2. The number of piperidine rings is 1. The number of anilines is 1. The summed E-state index contributed by atoms with van der Waals surface area (Å²) in [6.07, 6.45) is 1.20. The van der Waals surface area contributed by atoms with Crippen molar-refractivity contribution < 1.29 is 23.5 Å². The van der Waals surface area contributed by atoms with E-state index in [4.69, 9.17) is 9.47 Å². The van der Waals surface area contributed by atoms with Crippen LogP contribution < -0.4 is 19.7 Å². The van der Waals surface area contributed by atoms with Gasteiger partial charge in [-0.25, -0.2) is 4.39 Å². The van der Waals surface area contributed by atoms with Gasteiger partial charge in [-0.05, 0) is 67.3 Å². The Hall–Kier alpha value is -3.87. The summed E-state index contributed by atoms with van der Waals surface area (Å²) in [4.78, 5) is 28.4. The predicted octanol–water partition coefficient (Wildman–Crippen LogP) is 4.99. The molecule has 1 aliphatic rings. The third-order valence-corrected chi connectivity index (χ3v) is 6.60. The first-order valence-corrected chi connectivity index (χ1v) is 12.0. The van der Waals surface area contributed by atoms with Crippen LogP contribution in [-0.2, 0) is 16.0 Å². The lowest BCUT2D eigenvalue weighted by atomic mass is 9.83. The Morgan fingerprint density at radius 1 is 1.03 bits per heavy atom. The monoisotopic (exact) mass is 490 g/mol. The van der Waals surface area contributed by atoms with Crippen LogP contribution in [-0.4, -0.2) is 32.6 Å². The lowest BCUT2D eigenvalue weighted by Crippen LogP contribution is -2.48. The summed E-state index contributed by atoms with van der Waals surface area (Å²) in [7, 11) is 3.12. The smallest absolute Gasteiger partial charge is 0.227 e. The van der Waals surface area contributed by atoms with Gasteiger partial charge in [-0.1, -0.05) is 35.9 Å². The molecule has 0 aromatic heterocycles. The van der Waals surface area contributed by atoms with Gasteiger partial charge in [0, 0.05) is 18.7 Å². The van der Waals surface area contributed by atoms with Crippen LogP contribution in [0, 0.1) is 18.7 Å². The predicted molar refractivity (Wildman–Crippen MR) is 137 cm³/mol. The van der Waals surface area contributed by atoms with E-state index in [0.29, 0.717) is 30.9 Å². The van der Waals surface area contributed by atoms with Gasteiger partial charge in [-0.2, -0.15) is 0 Å². The van der Waals surface area contributed by atoms with Gasteiger partial charge in [0.05, 0.1) is 26.2 Å². The first-order chi connectivity index (χ1) is 17.4. The molecule has 1 N–H and O–H groups in total. The highest BCUT2D eigenvalue weighted by Crippen LogP contribution is 2.42. The molecule has 188 valence electrons. The quantitative estimate of drug-likeness (QED) is 0.483. The number of carbonyl (C=O) groups excluding carboxylic acids is 2. The van der Waals surface area contributed by atoms with Crippen molar-refractivity contribution >= 4 is 17.5 Å². The summed E-state index contributed by atoms with van der Waals surface area (Å²) in [5.41, 5.74) is 3.42. The Balaban J connectivity index is 1.65. The van der Waals surface area contributed by atoms with Crippen LogP contribution in [0.3, 0.4) is 0 Å². The van der Waals surface area contributed by atoms with E-state index in [1.807, 2.05) is 49.4 Å². The van der Waals surface area contributed by atoms with Gasteiger partial charge < -0.3 is 19.7 Å². The number of aryl methyl sites for hydroxylation is 1. The number of nitrogens with zero attached hydrogens (tertiary/aromatic N) is 1. The van der Waals surface area contributed by atoms with E-state index < -0.39 is 12.0 Å². The molecule has 1 fully saturated rings. The number of rotatable bonds is 8. The molecule has 0 saturated carbocycles. The fourth-order valence-corrected chi connectivity index (χ4v) is 4.75. The van der Waals surface area contributed by atoms with Crippen LogP contribution in [0.15, 0.2) is 66.7 Å². The highest BCUT2D eigenvalue weighted by molar-refractivity contribution is 5.97. The lowest BCUT2D eigenvalue weighted by Gasteiger charge is -2.41. The summed E-state index contributed by atoms with van der Waals surface area (Å²) in [6, 6.07) is 19.1. The van der Waals surface area contributed by atoms with E-state index in [-0.39, 0.29) is 24.1 Å². The molecular weight excluding hydrogens is 459 g/mol. The minimum absolute atomic E-state index is 0.0394. The van der Waals surface area contributed by atoms with E-state index >= 15 is 0 Å². The third kappa shape index (κ3) is 5.51. The van der Waals surface area contributed by atoms with Crippen molar-refractivity contribution in [2.75, 3.05) is 25.7 Å². The van der Waals surface area contributed by atoms with Crippen LogP contribution in [0.4, 0.5) is 10.1 Å². The van der Waals surface area contributed by atoms with Crippen molar-refractivity contribution in [2.24, 2.45) is 5.92 Å². The molecule has 1 saturated heterocycles. The van der Waals surface area contributed by atoms with Crippen molar-refractivity contribution in [3.05, 3.63) is 89.2 Å². The van der Waals surface area contributed by atoms with Crippen LogP contribution in [0.25, 0.3) is 0 Å². The Bertz CT molecular complexity index is 1230. The molecule has 3 aromatic rings. The Labute approximate surface area is 211 Å². The third-order valence-electron chi connectivity index (χ3n) is 6.60. The fourth-order valence-electron chi connectivity index (χ4n) is 4.75. The summed E-state index contributed by atoms with van der Waals surface area (Å²) in [5.74, 6) is 0.142. The summed E-state index contributed by atoms with van der Waals surface area (Å²) >= 11 is 0. The van der Waals surface area contributed by atoms with E-state index in [1.165, 1.54) is 12.1 Å². The number of benzene rings is 3.